The summed E-state index contributed by atoms with van der Waals surface area (Å²) in [6.07, 6.45) is 21.8. The second-order valence-corrected chi connectivity index (χ2v) is 22.9. The first-order chi connectivity index (χ1) is 20.6. The molecule has 0 aromatic heterocycles. The molecule has 27 atom stereocenters. The Morgan fingerprint density at radius 3 is 2.36 bits per heavy atom. The van der Waals surface area contributed by atoms with Gasteiger partial charge in [-0.15, -0.1) is 0 Å². The Hall–Kier alpha value is 0.730. The van der Waals surface area contributed by atoms with Gasteiger partial charge in [-0.1, -0.05) is 35.9 Å². The Kier molecular flexibility index (Phi) is 4.13. The maximum Gasteiger partial charge on any atom is 0.0115 e. The van der Waals surface area contributed by atoms with Gasteiger partial charge in [-0.2, -0.15) is 0 Å². The third-order valence-corrected chi connectivity index (χ3v) is 22.9. The van der Waals surface area contributed by atoms with E-state index in [1.807, 2.05) is 0 Å². The van der Waals surface area contributed by atoms with E-state index in [1.165, 1.54) is 130 Å². The van der Waals surface area contributed by atoms with Crippen molar-refractivity contribution in [2.24, 2.45) is 153 Å². The third-order valence-electron chi connectivity index (χ3n) is 21.9. The van der Waals surface area contributed by atoms with Crippen molar-refractivity contribution in [3.8, 4) is 0 Å². The lowest BCUT2D eigenvalue weighted by Crippen LogP contribution is -2.41. The molecule has 0 aromatic rings. The fraction of sp³-hybridized carbons (Fsp3) is 1.00. The molecule has 25 unspecified atom stereocenters. The second kappa shape index (κ2) is 7.25. The quantitative estimate of drug-likeness (QED) is 0.206. The highest BCUT2D eigenvalue weighted by Crippen LogP contribution is 2.88. The van der Waals surface area contributed by atoms with Gasteiger partial charge in [0.1, 0.15) is 0 Å². The second-order valence-electron chi connectivity index (χ2n) is 21.1. The molecule has 1 spiro atoms. The number of fused-ring (bicyclic) bond motifs is 4. The smallest absolute Gasteiger partial charge is 0.0115 e. The van der Waals surface area contributed by atoms with Crippen molar-refractivity contribution in [1.82, 2.24) is 0 Å². The molecule has 0 radical (unpaired) electrons. The zero-order valence-corrected chi connectivity index (χ0v) is 28.2. The molecule has 14 aliphatic carbocycles. The van der Waals surface area contributed by atoms with E-state index in [1.54, 1.807) is 83.5 Å². The van der Waals surface area contributed by atoms with Gasteiger partial charge in [0.25, 0.3) is 0 Å². The van der Waals surface area contributed by atoms with Crippen LogP contribution in [0.4, 0.5) is 0 Å². The summed E-state index contributed by atoms with van der Waals surface area (Å²) in [7, 11) is 0. The highest BCUT2D eigenvalue weighted by atomic mass is 127. The third kappa shape index (κ3) is 2.21. The summed E-state index contributed by atoms with van der Waals surface area (Å²) < 4.78 is 1.00. The standard InChI is InChI=1S/C41H55I/c1-15(2-4-22-32-23-11-17-3-5-20-29(17)35(22)38-31(20)21-7-6-19(23)30(21)37(32)38)28-25-12-18(42)13-27-34(25)39-36(28)24-10-16-8-9-41(27)14-26(16)33(24)40(39)41/h15-40H,2-14H2,1H3/t15-,16?,17?,18?,19?,20?,21?,22?,23+,24?,25?,26?,27?,28?,29?,30?,31?,32?,33?,34?,35?,36?,37?,38?,39?,40?,41?/m0/s1. The number of hydrogen-bond donors (Lipinski definition) is 0. The predicted octanol–water partition coefficient (Wildman–Crippen LogP) is 9.46. The Bertz CT molecular complexity index is 1290. The minimum atomic E-state index is 0.864. The van der Waals surface area contributed by atoms with E-state index in [-0.39, 0.29) is 0 Å². The lowest BCUT2D eigenvalue weighted by molar-refractivity contribution is 0.0275. The summed E-state index contributed by atoms with van der Waals surface area (Å²) in [5, 5.41) is 0. The van der Waals surface area contributed by atoms with Crippen LogP contribution < -0.4 is 0 Å². The first-order valence-electron chi connectivity index (χ1n) is 20.3. The van der Waals surface area contributed by atoms with Gasteiger partial charge >= 0.3 is 0 Å². The normalized spacial score (nSPS) is 77.1. The summed E-state index contributed by atoms with van der Waals surface area (Å²) in [4.78, 5) is 0. The van der Waals surface area contributed by atoms with E-state index in [0.29, 0.717) is 0 Å². The number of alkyl halides is 1. The molecule has 226 valence electrons. The highest BCUT2D eigenvalue weighted by Gasteiger charge is 2.82. The highest BCUT2D eigenvalue weighted by molar-refractivity contribution is 14.1. The van der Waals surface area contributed by atoms with E-state index in [4.69, 9.17) is 0 Å². The van der Waals surface area contributed by atoms with Gasteiger partial charge in [0.15, 0.2) is 0 Å². The van der Waals surface area contributed by atoms with Crippen molar-refractivity contribution in [2.75, 3.05) is 0 Å². The molecule has 0 aliphatic heterocycles. The average Bonchev–Trinajstić information content (AvgIpc) is 3.80. The van der Waals surface area contributed by atoms with Gasteiger partial charge in [-0.05, 0) is 230 Å². The molecule has 4 bridgehead atoms. The summed E-state index contributed by atoms with van der Waals surface area (Å²) in [5.41, 5.74) is 0.864. The molecule has 0 aromatic carbocycles. The Morgan fingerprint density at radius 2 is 1.40 bits per heavy atom. The largest absolute Gasteiger partial charge is 0.0826 e. The van der Waals surface area contributed by atoms with Crippen molar-refractivity contribution in [3.05, 3.63) is 0 Å². The van der Waals surface area contributed by atoms with Crippen LogP contribution in [0.3, 0.4) is 0 Å². The van der Waals surface area contributed by atoms with E-state index in [2.05, 4.69) is 29.5 Å². The molecule has 14 saturated carbocycles. The van der Waals surface area contributed by atoms with Crippen molar-refractivity contribution >= 4 is 22.6 Å². The summed E-state index contributed by atoms with van der Waals surface area (Å²) in [5.74, 6) is 30.0. The van der Waals surface area contributed by atoms with Gasteiger partial charge in [0.05, 0.1) is 0 Å². The zero-order valence-electron chi connectivity index (χ0n) is 26.1. The van der Waals surface area contributed by atoms with E-state index < -0.39 is 0 Å². The Balaban J connectivity index is 0.824. The van der Waals surface area contributed by atoms with Crippen LogP contribution in [0.2, 0.25) is 0 Å². The topological polar surface area (TPSA) is 0 Å². The monoisotopic (exact) mass is 674 g/mol. The van der Waals surface area contributed by atoms with Crippen molar-refractivity contribution in [2.45, 2.75) is 94.3 Å². The minimum absolute atomic E-state index is 0.864. The van der Waals surface area contributed by atoms with Gasteiger partial charge < -0.3 is 0 Å². The maximum absolute atomic E-state index is 2.98. The molecule has 14 aliphatic rings. The summed E-state index contributed by atoms with van der Waals surface area (Å²) >= 11 is 2.98. The van der Waals surface area contributed by atoms with Gasteiger partial charge in [-0.3, -0.25) is 0 Å². The molecule has 0 amide bonds. The number of rotatable bonds is 4. The van der Waals surface area contributed by atoms with Crippen molar-refractivity contribution < 1.29 is 0 Å². The first kappa shape index (κ1) is 24.0. The molecular weight excluding hydrogens is 619 g/mol. The van der Waals surface area contributed by atoms with E-state index in [0.717, 1.165) is 27.1 Å². The number of halogens is 1. The van der Waals surface area contributed by atoms with Crippen LogP contribution in [0.25, 0.3) is 0 Å². The van der Waals surface area contributed by atoms with Crippen LogP contribution in [-0.4, -0.2) is 3.92 Å². The molecule has 0 N–H and O–H groups in total. The summed E-state index contributed by atoms with van der Waals surface area (Å²) in [6.45, 7) is 2.88. The van der Waals surface area contributed by atoms with Crippen molar-refractivity contribution in [1.29, 1.82) is 0 Å². The van der Waals surface area contributed by atoms with E-state index in [9.17, 15) is 0 Å². The molecule has 0 saturated heterocycles. The van der Waals surface area contributed by atoms with Crippen LogP contribution in [0.1, 0.15) is 90.4 Å². The molecule has 0 nitrogen and oxygen atoms in total. The summed E-state index contributed by atoms with van der Waals surface area (Å²) in [6, 6.07) is 0. The lowest BCUT2D eigenvalue weighted by atomic mass is 9.58. The van der Waals surface area contributed by atoms with Gasteiger partial charge in [0.2, 0.25) is 0 Å². The first-order valence-corrected chi connectivity index (χ1v) is 21.5. The van der Waals surface area contributed by atoms with Crippen LogP contribution in [-0.2, 0) is 0 Å². The fourth-order valence-electron chi connectivity index (χ4n) is 22.8. The van der Waals surface area contributed by atoms with Crippen LogP contribution in [0.15, 0.2) is 0 Å². The molecular formula is C41H55I. The Labute approximate surface area is 269 Å². The SMILES string of the molecule is C[C@@H](CCC1C2C3C4CCC3C3C5CCC6C5C(C32)C1[C@@H]6C4)C1C2CC(I)CC3C2C2C1C1CC4CCC35CC4C1C25. The fourth-order valence-corrected chi connectivity index (χ4v) is 23.9. The van der Waals surface area contributed by atoms with Gasteiger partial charge in [-0.25, -0.2) is 0 Å². The molecule has 0 heterocycles. The van der Waals surface area contributed by atoms with Crippen LogP contribution in [0.5, 0.6) is 0 Å². The van der Waals surface area contributed by atoms with Crippen LogP contribution in [0, 0.1) is 153 Å². The average molecular weight is 675 g/mol. The van der Waals surface area contributed by atoms with E-state index >= 15 is 0 Å². The lowest BCUT2D eigenvalue weighted by Gasteiger charge is -2.48. The number of hydrogen-bond acceptors (Lipinski definition) is 0. The molecule has 42 heavy (non-hydrogen) atoms. The minimum Gasteiger partial charge on any atom is -0.0826 e. The molecule has 14 fully saturated rings. The zero-order chi connectivity index (χ0) is 26.7. The van der Waals surface area contributed by atoms with Gasteiger partial charge in [0, 0.05) is 3.92 Å². The predicted molar refractivity (Wildman–Crippen MR) is 173 cm³/mol. The molecule has 14 rings (SSSR count). The van der Waals surface area contributed by atoms with Crippen molar-refractivity contribution in [3.63, 3.8) is 0 Å². The maximum atomic E-state index is 2.98. The Morgan fingerprint density at radius 1 is 0.595 bits per heavy atom. The molecule has 1 heteroatoms. The van der Waals surface area contributed by atoms with Crippen LogP contribution >= 0.6 is 22.6 Å².